The van der Waals surface area contributed by atoms with Crippen LogP contribution in [0.2, 0.25) is 0 Å². The summed E-state index contributed by atoms with van der Waals surface area (Å²) in [7, 11) is 1.81. The number of hydrogen-bond acceptors (Lipinski definition) is 3. The van der Waals surface area contributed by atoms with Crippen molar-refractivity contribution < 1.29 is 4.74 Å². The quantitative estimate of drug-likeness (QED) is 0.720. The zero-order valence-corrected chi connectivity index (χ0v) is 11.2. The third kappa shape index (κ3) is 4.04. The number of methoxy groups -OCH3 is 1. The highest BCUT2D eigenvalue weighted by molar-refractivity contribution is 4.83. The standard InChI is InChI=1S/C13H28N2O/c1-4-12-8-6-7-9-15(12)13(11-16-3)10-14-5-2/h12-14H,4-11H2,1-3H3. The first-order valence-corrected chi connectivity index (χ1v) is 6.78. The van der Waals surface area contributed by atoms with Gasteiger partial charge in [-0.25, -0.2) is 0 Å². The highest BCUT2D eigenvalue weighted by Gasteiger charge is 2.27. The fraction of sp³-hybridized carbons (Fsp3) is 1.00. The first-order valence-electron chi connectivity index (χ1n) is 6.78. The maximum atomic E-state index is 5.37. The molecule has 0 spiro atoms. The van der Waals surface area contributed by atoms with E-state index in [1.807, 2.05) is 7.11 Å². The summed E-state index contributed by atoms with van der Waals surface area (Å²) in [6.45, 7) is 8.67. The van der Waals surface area contributed by atoms with E-state index in [0.717, 1.165) is 25.7 Å². The van der Waals surface area contributed by atoms with E-state index >= 15 is 0 Å². The van der Waals surface area contributed by atoms with Crippen molar-refractivity contribution in [2.75, 3.05) is 33.4 Å². The number of nitrogens with one attached hydrogen (secondary N) is 1. The molecule has 0 radical (unpaired) electrons. The minimum absolute atomic E-state index is 0.551. The maximum absolute atomic E-state index is 5.37. The third-order valence-electron chi connectivity index (χ3n) is 3.60. The zero-order chi connectivity index (χ0) is 11.8. The molecule has 1 fully saturated rings. The minimum Gasteiger partial charge on any atom is -0.383 e. The summed E-state index contributed by atoms with van der Waals surface area (Å²) in [5.74, 6) is 0. The van der Waals surface area contributed by atoms with Crippen LogP contribution in [0.4, 0.5) is 0 Å². The summed E-state index contributed by atoms with van der Waals surface area (Å²) >= 11 is 0. The number of nitrogens with zero attached hydrogens (tertiary/aromatic N) is 1. The number of ether oxygens (including phenoxy) is 1. The van der Waals surface area contributed by atoms with Crippen LogP contribution in [0.15, 0.2) is 0 Å². The van der Waals surface area contributed by atoms with E-state index < -0.39 is 0 Å². The Kier molecular flexibility index (Phi) is 7.01. The average molecular weight is 228 g/mol. The molecule has 0 amide bonds. The Labute approximate surface area is 101 Å². The smallest absolute Gasteiger partial charge is 0.0630 e. The lowest BCUT2D eigenvalue weighted by Crippen LogP contribution is -2.52. The maximum Gasteiger partial charge on any atom is 0.0630 e. The van der Waals surface area contributed by atoms with E-state index in [9.17, 15) is 0 Å². The normalized spacial score (nSPS) is 24.6. The number of piperidine rings is 1. The first kappa shape index (κ1) is 13.9. The second kappa shape index (κ2) is 8.04. The molecule has 0 aromatic carbocycles. The van der Waals surface area contributed by atoms with Crippen LogP contribution in [0.25, 0.3) is 0 Å². The van der Waals surface area contributed by atoms with Crippen molar-refractivity contribution in [3.63, 3.8) is 0 Å². The summed E-state index contributed by atoms with van der Waals surface area (Å²) < 4.78 is 5.37. The van der Waals surface area contributed by atoms with Gasteiger partial charge in [0.1, 0.15) is 0 Å². The molecule has 3 nitrogen and oxygen atoms in total. The van der Waals surface area contributed by atoms with Crippen LogP contribution in [-0.2, 0) is 4.74 Å². The van der Waals surface area contributed by atoms with Crippen LogP contribution in [0.3, 0.4) is 0 Å². The molecule has 1 rings (SSSR count). The minimum atomic E-state index is 0.551. The van der Waals surface area contributed by atoms with Gasteiger partial charge in [-0.15, -0.1) is 0 Å². The van der Waals surface area contributed by atoms with Crippen molar-refractivity contribution in [2.45, 2.75) is 51.6 Å². The molecule has 0 saturated carbocycles. The van der Waals surface area contributed by atoms with Gasteiger partial charge in [0.25, 0.3) is 0 Å². The Hall–Kier alpha value is -0.120. The van der Waals surface area contributed by atoms with Crippen molar-refractivity contribution in [1.82, 2.24) is 10.2 Å². The van der Waals surface area contributed by atoms with Gasteiger partial charge in [0.2, 0.25) is 0 Å². The Bertz CT molecular complexity index is 175. The van der Waals surface area contributed by atoms with Crippen molar-refractivity contribution in [3.8, 4) is 0 Å². The molecule has 1 saturated heterocycles. The Morgan fingerprint density at radius 1 is 1.38 bits per heavy atom. The highest BCUT2D eigenvalue weighted by Crippen LogP contribution is 2.21. The van der Waals surface area contributed by atoms with Crippen LogP contribution >= 0.6 is 0 Å². The first-order chi connectivity index (χ1) is 7.83. The Morgan fingerprint density at radius 3 is 2.81 bits per heavy atom. The topological polar surface area (TPSA) is 24.5 Å². The molecule has 0 aliphatic carbocycles. The lowest BCUT2D eigenvalue weighted by molar-refractivity contribution is 0.0391. The second-order valence-corrected chi connectivity index (χ2v) is 4.71. The van der Waals surface area contributed by atoms with E-state index in [4.69, 9.17) is 4.74 Å². The van der Waals surface area contributed by atoms with E-state index in [0.29, 0.717) is 6.04 Å². The third-order valence-corrected chi connectivity index (χ3v) is 3.60. The number of likely N-dealkylation sites (N-methyl/N-ethyl adjacent to an activating group) is 1. The van der Waals surface area contributed by atoms with E-state index in [-0.39, 0.29) is 0 Å². The van der Waals surface area contributed by atoms with Crippen LogP contribution in [0.5, 0.6) is 0 Å². The summed E-state index contributed by atoms with van der Waals surface area (Å²) in [5.41, 5.74) is 0. The largest absolute Gasteiger partial charge is 0.383 e. The molecular formula is C13H28N2O. The second-order valence-electron chi connectivity index (χ2n) is 4.71. The molecule has 1 heterocycles. The monoisotopic (exact) mass is 228 g/mol. The molecule has 96 valence electrons. The van der Waals surface area contributed by atoms with Gasteiger partial charge in [0, 0.05) is 25.7 Å². The molecular weight excluding hydrogens is 200 g/mol. The fourth-order valence-electron chi connectivity index (χ4n) is 2.72. The molecule has 16 heavy (non-hydrogen) atoms. The summed E-state index contributed by atoms with van der Waals surface area (Å²) in [4.78, 5) is 2.66. The number of rotatable bonds is 7. The summed E-state index contributed by atoms with van der Waals surface area (Å²) in [6.07, 6.45) is 5.38. The van der Waals surface area contributed by atoms with Crippen LogP contribution in [0.1, 0.15) is 39.5 Å². The molecule has 1 aliphatic rings. The lowest BCUT2D eigenvalue weighted by Gasteiger charge is -2.40. The molecule has 1 N–H and O–H groups in total. The number of hydrogen-bond donors (Lipinski definition) is 1. The van der Waals surface area contributed by atoms with Crippen LogP contribution in [-0.4, -0.2) is 50.3 Å². The lowest BCUT2D eigenvalue weighted by atomic mass is 9.98. The van der Waals surface area contributed by atoms with Gasteiger partial charge in [-0.3, -0.25) is 4.90 Å². The Morgan fingerprint density at radius 2 is 2.19 bits per heavy atom. The van der Waals surface area contributed by atoms with Gasteiger partial charge in [-0.1, -0.05) is 20.3 Å². The van der Waals surface area contributed by atoms with Gasteiger partial charge in [-0.2, -0.15) is 0 Å². The predicted molar refractivity (Wildman–Crippen MR) is 68.8 cm³/mol. The summed E-state index contributed by atoms with van der Waals surface area (Å²) in [5, 5.41) is 3.45. The number of likely N-dealkylation sites (tertiary alicyclic amines) is 1. The van der Waals surface area contributed by atoms with Crippen LogP contribution in [0, 0.1) is 0 Å². The molecule has 0 aromatic heterocycles. The molecule has 2 atom stereocenters. The fourth-order valence-corrected chi connectivity index (χ4v) is 2.72. The molecule has 1 aliphatic heterocycles. The highest BCUT2D eigenvalue weighted by atomic mass is 16.5. The van der Waals surface area contributed by atoms with Gasteiger partial charge >= 0.3 is 0 Å². The van der Waals surface area contributed by atoms with Gasteiger partial charge in [-0.05, 0) is 32.4 Å². The van der Waals surface area contributed by atoms with Crippen molar-refractivity contribution in [2.24, 2.45) is 0 Å². The SMILES string of the molecule is CCNCC(COC)N1CCCCC1CC. The van der Waals surface area contributed by atoms with Crippen molar-refractivity contribution in [1.29, 1.82) is 0 Å². The Balaban J connectivity index is 2.51. The zero-order valence-electron chi connectivity index (χ0n) is 11.2. The molecule has 0 aromatic rings. The molecule has 2 unspecified atom stereocenters. The average Bonchev–Trinajstić information content (AvgIpc) is 2.34. The predicted octanol–water partition coefficient (Wildman–Crippen LogP) is 1.88. The van der Waals surface area contributed by atoms with Gasteiger partial charge in [0.15, 0.2) is 0 Å². The van der Waals surface area contributed by atoms with Crippen molar-refractivity contribution in [3.05, 3.63) is 0 Å². The molecule has 3 heteroatoms. The van der Waals surface area contributed by atoms with Gasteiger partial charge < -0.3 is 10.1 Å². The van der Waals surface area contributed by atoms with Crippen LogP contribution < -0.4 is 5.32 Å². The molecule has 0 bridgehead atoms. The van der Waals surface area contributed by atoms with Crippen molar-refractivity contribution >= 4 is 0 Å². The van der Waals surface area contributed by atoms with E-state index in [2.05, 4.69) is 24.1 Å². The van der Waals surface area contributed by atoms with E-state index in [1.54, 1.807) is 0 Å². The van der Waals surface area contributed by atoms with E-state index in [1.165, 1.54) is 32.2 Å². The van der Waals surface area contributed by atoms with Gasteiger partial charge in [0.05, 0.1) is 6.61 Å². The summed E-state index contributed by atoms with van der Waals surface area (Å²) in [6, 6.07) is 1.32.